The Kier molecular flexibility index (Phi) is 1.55. The van der Waals surface area contributed by atoms with Gasteiger partial charge in [0.05, 0.1) is 5.71 Å². The van der Waals surface area contributed by atoms with E-state index in [0.717, 1.165) is 0 Å². The average Bonchev–Trinajstić information content (AvgIpc) is 1.88. The van der Waals surface area contributed by atoms with E-state index in [1.54, 1.807) is 0 Å². The summed E-state index contributed by atoms with van der Waals surface area (Å²) in [4.78, 5) is 10.3. The molecule has 1 aliphatic carbocycles. The first-order valence-corrected chi connectivity index (χ1v) is 2.70. The third-order valence-corrected chi connectivity index (χ3v) is 1.13. The molecule has 0 saturated carbocycles. The summed E-state index contributed by atoms with van der Waals surface area (Å²) in [5.74, 6) is 2.92. The maximum absolute atomic E-state index is 10.3. The molecule has 50 valence electrons. The highest BCUT2D eigenvalue weighted by molar-refractivity contribution is 6.09. The van der Waals surface area contributed by atoms with E-state index < -0.39 is 11.9 Å². The molecule has 2 N–H and O–H groups in total. The Morgan fingerprint density at radius 2 is 2.50 bits per heavy atom. The van der Waals surface area contributed by atoms with Crippen LogP contribution in [-0.2, 0) is 4.79 Å². The van der Waals surface area contributed by atoms with Crippen molar-refractivity contribution in [2.45, 2.75) is 0 Å². The Morgan fingerprint density at radius 1 is 1.80 bits per heavy atom. The SMILES string of the molecule is N=C1C=CC#CC1C(=O)O. The Hall–Kier alpha value is -1.56. The number of aliphatic carboxylic acids is 1. The quantitative estimate of drug-likeness (QED) is 0.507. The van der Waals surface area contributed by atoms with E-state index in [9.17, 15) is 4.79 Å². The lowest BCUT2D eigenvalue weighted by Gasteiger charge is -2.03. The Bertz CT molecular complexity index is 267. The van der Waals surface area contributed by atoms with Gasteiger partial charge in [-0.05, 0) is 12.2 Å². The van der Waals surface area contributed by atoms with Gasteiger partial charge < -0.3 is 10.5 Å². The van der Waals surface area contributed by atoms with Crippen LogP contribution in [-0.4, -0.2) is 16.8 Å². The van der Waals surface area contributed by atoms with Crippen molar-refractivity contribution in [3.05, 3.63) is 12.2 Å². The molecule has 1 rings (SSSR count). The van der Waals surface area contributed by atoms with E-state index in [2.05, 4.69) is 11.8 Å². The Balaban J connectivity index is 2.87. The fourth-order valence-corrected chi connectivity index (χ4v) is 0.632. The minimum atomic E-state index is -1.05. The standard InChI is InChI=1S/C7H5NO2/c8-6-4-2-1-3-5(6)7(9)10/h2,4-5,8H,(H,9,10). The first-order valence-electron chi connectivity index (χ1n) is 2.70. The van der Waals surface area contributed by atoms with Crippen molar-refractivity contribution in [2.24, 2.45) is 5.92 Å². The molecule has 0 heterocycles. The molecule has 1 aliphatic rings. The molecule has 0 bridgehead atoms. The van der Waals surface area contributed by atoms with Crippen molar-refractivity contribution in [3.8, 4) is 11.8 Å². The number of carbonyl (C=O) groups is 1. The van der Waals surface area contributed by atoms with Crippen molar-refractivity contribution in [1.82, 2.24) is 0 Å². The van der Waals surface area contributed by atoms with Crippen molar-refractivity contribution in [3.63, 3.8) is 0 Å². The van der Waals surface area contributed by atoms with Gasteiger partial charge in [-0.25, -0.2) is 0 Å². The number of carboxylic acid groups (broad SMARTS) is 1. The largest absolute Gasteiger partial charge is 0.480 e. The van der Waals surface area contributed by atoms with Crippen molar-refractivity contribution in [1.29, 1.82) is 5.41 Å². The van der Waals surface area contributed by atoms with Crippen molar-refractivity contribution < 1.29 is 9.90 Å². The van der Waals surface area contributed by atoms with Gasteiger partial charge in [0.1, 0.15) is 0 Å². The summed E-state index contributed by atoms with van der Waals surface area (Å²) < 4.78 is 0. The van der Waals surface area contributed by atoms with Crippen LogP contribution >= 0.6 is 0 Å². The minimum absolute atomic E-state index is 0.0475. The lowest BCUT2D eigenvalue weighted by atomic mass is 10.0. The van der Waals surface area contributed by atoms with Gasteiger partial charge in [0.2, 0.25) is 0 Å². The van der Waals surface area contributed by atoms with E-state index >= 15 is 0 Å². The smallest absolute Gasteiger partial charge is 0.324 e. The van der Waals surface area contributed by atoms with Gasteiger partial charge >= 0.3 is 5.97 Å². The molecule has 0 aromatic heterocycles. The van der Waals surface area contributed by atoms with Gasteiger partial charge in [0.25, 0.3) is 0 Å². The second-order valence-electron chi connectivity index (χ2n) is 1.85. The maximum Gasteiger partial charge on any atom is 0.324 e. The highest BCUT2D eigenvalue weighted by atomic mass is 16.4. The van der Waals surface area contributed by atoms with Crippen LogP contribution in [0.25, 0.3) is 0 Å². The van der Waals surface area contributed by atoms with Gasteiger partial charge in [-0.15, -0.1) is 0 Å². The summed E-state index contributed by atoms with van der Waals surface area (Å²) in [6, 6.07) is 0. The summed E-state index contributed by atoms with van der Waals surface area (Å²) in [6.07, 6.45) is 2.87. The lowest BCUT2D eigenvalue weighted by molar-refractivity contribution is -0.137. The molecule has 1 atom stereocenters. The van der Waals surface area contributed by atoms with E-state index in [1.165, 1.54) is 12.2 Å². The molecule has 0 aromatic carbocycles. The molecule has 0 amide bonds. The third kappa shape index (κ3) is 1.06. The summed E-state index contributed by atoms with van der Waals surface area (Å²) in [7, 11) is 0. The predicted molar refractivity (Wildman–Crippen MR) is 35.8 cm³/mol. The van der Waals surface area contributed by atoms with Gasteiger partial charge in [-0.2, -0.15) is 0 Å². The van der Waals surface area contributed by atoms with Crippen molar-refractivity contribution >= 4 is 11.7 Å². The Morgan fingerprint density at radius 3 is 2.90 bits per heavy atom. The summed E-state index contributed by atoms with van der Waals surface area (Å²) in [5.41, 5.74) is 0.0475. The predicted octanol–water partition coefficient (Wildman–Crippen LogP) is 0.280. The molecule has 0 aliphatic heterocycles. The van der Waals surface area contributed by atoms with Gasteiger partial charge in [0, 0.05) is 0 Å². The molecular weight excluding hydrogens is 130 g/mol. The van der Waals surface area contributed by atoms with Crippen LogP contribution in [0.2, 0.25) is 0 Å². The molecule has 0 radical (unpaired) electrons. The fraction of sp³-hybridized carbons (Fsp3) is 0.143. The second kappa shape index (κ2) is 2.36. The molecule has 10 heavy (non-hydrogen) atoms. The molecule has 0 saturated heterocycles. The number of rotatable bonds is 1. The fourth-order valence-electron chi connectivity index (χ4n) is 0.632. The van der Waals surface area contributed by atoms with Gasteiger partial charge in [-0.3, -0.25) is 4.79 Å². The van der Waals surface area contributed by atoms with Crippen LogP contribution in [0, 0.1) is 23.2 Å². The number of nitrogens with one attached hydrogen (secondary N) is 1. The molecule has 3 nitrogen and oxygen atoms in total. The van der Waals surface area contributed by atoms with E-state index in [1.807, 2.05) is 0 Å². The third-order valence-electron chi connectivity index (χ3n) is 1.13. The first-order chi connectivity index (χ1) is 4.72. The first kappa shape index (κ1) is 6.56. The number of carboxylic acids is 1. The summed E-state index contributed by atoms with van der Waals surface area (Å²) >= 11 is 0. The molecule has 1 unspecified atom stereocenters. The minimum Gasteiger partial charge on any atom is -0.480 e. The van der Waals surface area contributed by atoms with E-state index in [4.69, 9.17) is 10.5 Å². The second-order valence-corrected chi connectivity index (χ2v) is 1.85. The molecule has 0 fully saturated rings. The Labute approximate surface area is 57.9 Å². The van der Waals surface area contributed by atoms with Crippen LogP contribution in [0.15, 0.2) is 12.2 Å². The molecule has 0 spiro atoms. The van der Waals surface area contributed by atoms with Crippen molar-refractivity contribution in [2.75, 3.05) is 0 Å². The topological polar surface area (TPSA) is 61.2 Å². The summed E-state index contributed by atoms with van der Waals surface area (Å²) in [6.45, 7) is 0. The molecule has 3 heteroatoms. The zero-order valence-corrected chi connectivity index (χ0v) is 5.09. The normalized spacial score (nSPS) is 21.6. The van der Waals surface area contributed by atoms with Crippen LogP contribution < -0.4 is 0 Å². The number of hydrogen-bond donors (Lipinski definition) is 2. The summed E-state index contributed by atoms with van der Waals surface area (Å²) in [5, 5.41) is 15.5. The van der Waals surface area contributed by atoms with Crippen LogP contribution in [0.3, 0.4) is 0 Å². The lowest BCUT2D eigenvalue weighted by Crippen LogP contribution is -2.20. The van der Waals surface area contributed by atoms with Crippen LogP contribution in [0.5, 0.6) is 0 Å². The highest BCUT2D eigenvalue weighted by Crippen LogP contribution is 2.02. The number of hydrogen-bond acceptors (Lipinski definition) is 2. The van der Waals surface area contributed by atoms with Gasteiger partial charge in [-0.1, -0.05) is 11.8 Å². The molecule has 0 aromatic rings. The van der Waals surface area contributed by atoms with E-state index in [0.29, 0.717) is 0 Å². The van der Waals surface area contributed by atoms with Crippen LogP contribution in [0.1, 0.15) is 0 Å². The highest BCUT2D eigenvalue weighted by Gasteiger charge is 2.18. The average molecular weight is 135 g/mol. The monoisotopic (exact) mass is 135 g/mol. The van der Waals surface area contributed by atoms with Crippen LogP contribution in [0.4, 0.5) is 0 Å². The maximum atomic E-state index is 10.3. The molecular formula is C7H5NO2. The van der Waals surface area contributed by atoms with Gasteiger partial charge in [0.15, 0.2) is 5.92 Å². The zero-order valence-electron chi connectivity index (χ0n) is 5.09. The number of allylic oxidation sites excluding steroid dienone is 2. The van der Waals surface area contributed by atoms with E-state index in [-0.39, 0.29) is 5.71 Å². The zero-order chi connectivity index (χ0) is 7.56.